The van der Waals surface area contributed by atoms with Crippen molar-refractivity contribution in [2.45, 2.75) is 324 Å². The second kappa shape index (κ2) is 49.9. The Morgan fingerprint density at radius 2 is 0.793 bits per heavy atom. The van der Waals surface area contributed by atoms with E-state index in [1.54, 1.807) is 6.08 Å². The summed E-state index contributed by atoms with van der Waals surface area (Å²) in [6, 6.07) is -0.976. The van der Waals surface area contributed by atoms with Crippen LogP contribution in [0.25, 0.3) is 0 Å². The fraction of sp³-hybridized carbons (Fsp3) is 0.809. The van der Waals surface area contributed by atoms with E-state index in [0.29, 0.717) is 6.42 Å². The van der Waals surface area contributed by atoms with Crippen LogP contribution in [-0.4, -0.2) is 193 Å². The predicted molar refractivity (Wildman–Crippen MR) is 337 cm³/mol. The molecule has 17 unspecified atom stereocenters. The van der Waals surface area contributed by atoms with Crippen LogP contribution in [0, 0.1) is 0 Å². The molecule has 19 nitrogen and oxygen atoms in total. The lowest BCUT2D eigenvalue weighted by Crippen LogP contribution is -2.66. The van der Waals surface area contributed by atoms with E-state index in [2.05, 4.69) is 79.9 Å². The molecule has 87 heavy (non-hydrogen) atoms. The number of carbonyl (C=O) groups is 1. The van der Waals surface area contributed by atoms with Crippen LogP contribution in [0.2, 0.25) is 0 Å². The molecular weight excluding hydrogens is 1120 g/mol. The van der Waals surface area contributed by atoms with Gasteiger partial charge in [-0.25, -0.2) is 0 Å². The minimum absolute atomic E-state index is 0.239. The van der Waals surface area contributed by atoms with Crippen molar-refractivity contribution in [3.8, 4) is 0 Å². The SMILES string of the molecule is CC/C=C\C/C=C\C/C=C\C/C=C\C/C=C\CCCCCCCCCCCCCCCC(=O)NC(COC1OC(CO)C(OC2OC(CO)C(OC3OC(CO)C(O)C(O)C3O)C(O)C2O)C(O)C1O)C(O)/C=C/CCCCCCCCCCCCC. The average Bonchev–Trinajstić information content (AvgIpc) is 1.69. The van der Waals surface area contributed by atoms with Gasteiger partial charge in [-0.1, -0.05) is 222 Å². The van der Waals surface area contributed by atoms with Crippen LogP contribution in [0.5, 0.6) is 0 Å². The third kappa shape index (κ3) is 32.4. The maximum absolute atomic E-state index is 13.4. The molecule has 12 N–H and O–H groups in total. The first-order valence-corrected chi connectivity index (χ1v) is 33.7. The van der Waals surface area contributed by atoms with Gasteiger partial charge in [0.05, 0.1) is 38.6 Å². The van der Waals surface area contributed by atoms with Crippen LogP contribution in [0.15, 0.2) is 72.9 Å². The number of carbonyl (C=O) groups excluding carboxylic acids is 1. The maximum Gasteiger partial charge on any atom is 0.220 e. The third-order valence-corrected chi connectivity index (χ3v) is 16.5. The lowest BCUT2D eigenvalue weighted by Gasteiger charge is -2.48. The van der Waals surface area contributed by atoms with Crippen LogP contribution >= 0.6 is 0 Å². The van der Waals surface area contributed by atoms with Crippen LogP contribution < -0.4 is 5.32 Å². The Hall–Kier alpha value is -2.77. The molecule has 0 spiro atoms. The highest BCUT2D eigenvalue weighted by molar-refractivity contribution is 5.76. The van der Waals surface area contributed by atoms with E-state index in [-0.39, 0.29) is 18.9 Å². The molecule has 3 saturated heterocycles. The van der Waals surface area contributed by atoms with Crippen molar-refractivity contribution < 1.29 is 89.4 Å². The number of unbranched alkanes of at least 4 members (excludes halogenated alkanes) is 24. The Labute approximate surface area is 521 Å². The van der Waals surface area contributed by atoms with Crippen LogP contribution in [-0.2, 0) is 33.2 Å². The van der Waals surface area contributed by atoms with Crippen molar-refractivity contribution in [1.29, 1.82) is 0 Å². The van der Waals surface area contributed by atoms with E-state index in [1.807, 2.05) is 6.08 Å². The highest BCUT2D eigenvalue weighted by Gasteiger charge is 2.53. The maximum atomic E-state index is 13.4. The van der Waals surface area contributed by atoms with Crippen molar-refractivity contribution >= 4 is 5.91 Å². The molecule has 3 fully saturated rings. The van der Waals surface area contributed by atoms with Gasteiger partial charge in [-0.05, 0) is 64.2 Å². The standard InChI is InChI=1S/C68H119NO18/c1-3-5-7-9-11-13-15-17-18-19-20-21-22-23-24-25-26-27-28-29-30-31-32-34-36-38-40-42-44-46-56(74)69-51(52(73)45-43-41-39-37-35-33-16-14-12-10-8-6-4-2)50-82-66-62(80)59(77)64(54(48-71)84-66)87-68-63(81)60(78)65(55(49-72)85-68)86-67-61(79)58(76)57(75)53(47-70)83-67/h5,7,11,13,17-18,20-21,23-24,43,45,51-55,57-68,70-73,75-81H,3-4,6,8-10,12,14-16,19,22,25-42,44,46-50H2,1-2H3,(H,69,74)/b7-5-,13-11-,18-17-,21-20-,24-23-,45-43+. The van der Waals surface area contributed by atoms with E-state index in [9.17, 15) is 61.0 Å². The molecule has 3 aliphatic heterocycles. The molecule has 0 saturated carbocycles. The van der Waals surface area contributed by atoms with Gasteiger partial charge in [-0.3, -0.25) is 4.79 Å². The van der Waals surface area contributed by atoms with E-state index >= 15 is 0 Å². The molecular formula is C68H119NO18. The minimum Gasteiger partial charge on any atom is -0.394 e. The second-order valence-electron chi connectivity index (χ2n) is 23.9. The van der Waals surface area contributed by atoms with Gasteiger partial charge in [-0.15, -0.1) is 0 Å². The lowest BCUT2D eigenvalue weighted by molar-refractivity contribution is -0.379. The Bertz CT molecular complexity index is 1860. The molecule has 0 radical (unpaired) electrons. The molecule has 504 valence electrons. The fourth-order valence-electron chi connectivity index (χ4n) is 11.0. The molecule has 3 aliphatic rings. The van der Waals surface area contributed by atoms with Gasteiger partial charge in [-0.2, -0.15) is 0 Å². The second-order valence-corrected chi connectivity index (χ2v) is 23.9. The molecule has 3 heterocycles. The Morgan fingerprint density at radius 1 is 0.425 bits per heavy atom. The Kier molecular flexibility index (Phi) is 45.0. The molecule has 0 aromatic rings. The topological polar surface area (TPSA) is 307 Å². The normalized spacial score (nSPS) is 29.0. The number of hydrogen-bond acceptors (Lipinski definition) is 18. The zero-order chi connectivity index (χ0) is 63.3. The molecule has 0 aromatic carbocycles. The Morgan fingerprint density at radius 3 is 1.24 bits per heavy atom. The van der Waals surface area contributed by atoms with Gasteiger partial charge in [0.1, 0.15) is 73.2 Å². The summed E-state index contributed by atoms with van der Waals surface area (Å²) in [6.07, 6.45) is 34.5. The van der Waals surface area contributed by atoms with Crippen molar-refractivity contribution in [2.75, 3.05) is 26.4 Å². The highest BCUT2D eigenvalue weighted by atomic mass is 16.8. The summed E-state index contributed by atoms with van der Waals surface area (Å²) in [5, 5.41) is 120. The van der Waals surface area contributed by atoms with Gasteiger partial charge in [0, 0.05) is 6.42 Å². The summed E-state index contributed by atoms with van der Waals surface area (Å²) in [5.74, 6) is -0.280. The summed E-state index contributed by atoms with van der Waals surface area (Å²) in [6.45, 7) is 1.60. The number of ether oxygens (including phenoxy) is 6. The predicted octanol–water partition coefficient (Wildman–Crippen LogP) is 8.16. The van der Waals surface area contributed by atoms with Gasteiger partial charge < -0.3 is 89.9 Å². The molecule has 0 aromatic heterocycles. The number of aliphatic hydroxyl groups is 11. The monoisotopic (exact) mass is 1240 g/mol. The molecule has 17 atom stereocenters. The number of aliphatic hydroxyl groups excluding tert-OH is 11. The van der Waals surface area contributed by atoms with Crippen LogP contribution in [0.1, 0.15) is 219 Å². The van der Waals surface area contributed by atoms with Crippen LogP contribution in [0.3, 0.4) is 0 Å². The van der Waals surface area contributed by atoms with Crippen LogP contribution in [0.4, 0.5) is 0 Å². The highest BCUT2D eigenvalue weighted by Crippen LogP contribution is 2.33. The van der Waals surface area contributed by atoms with E-state index in [1.165, 1.54) is 109 Å². The number of nitrogens with one attached hydrogen (secondary N) is 1. The summed E-state index contributed by atoms with van der Waals surface area (Å²) in [5.41, 5.74) is 0. The summed E-state index contributed by atoms with van der Waals surface area (Å²) < 4.78 is 34.3. The van der Waals surface area contributed by atoms with Crippen molar-refractivity contribution in [2.24, 2.45) is 0 Å². The van der Waals surface area contributed by atoms with Gasteiger partial charge in [0.15, 0.2) is 18.9 Å². The first kappa shape index (κ1) is 78.5. The molecule has 0 aliphatic carbocycles. The first-order chi connectivity index (χ1) is 42.3. The Balaban J connectivity index is 1.40. The van der Waals surface area contributed by atoms with Crippen molar-refractivity contribution in [1.82, 2.24) is 5.32 Å². The minimum atomic E-state index is -1.98. The molecule has 3 rings (SSSR count). The van der Waals surface area contributed by atoms with Gasteiger partial charge >= 0.3 is 0 Å². The zero-order valence-electron chi connectivity index (χ0n) is 53.0. The third-order valence-electron chi connectivity index (χ3n) is 16.5. The largest absolute Gasteiger partial charge is 0.394 e. The number of rotatable bonds is 50. The average molecular weight is 1240 g/mol. The zero-order valence-corrected chi connectivity index (χ0v) is 53.0. The molecule has 1 amide bonds. The fourth-order valence-corrected chi connectivity index (χ4v) is 11.0. The smallest absolute Gasteiger partial charge is 0.220 e. The van der Waals surface area contributed by atoms with Crippen molar-refractivity contribution in [3.63, 3.8) is 0 Å². The summed E-state index contributed by atoms with van der Waals surface area (Å²) in [4.78, 5) is 13.4. The first-order valence-electron chi connectivity index (χ1n) is 33.7. The molecule has 0 bridgehead atoms. The molecule has 19 heteroatoms. The van der Waals surface area contributed by atoms with E-state index in [0.717, 1.165) is 83.5 Å². The van der Waals surface area contributed by atoms with E-state index < -0.39 is 124 Å². The van der Waals surface area contributed by atoms with Crippen molar-refractivity contribution in [3.05, 3.63) is 72.9 Å². The summed E-state index contributed by atoms with van der Waals surface area (Å²) in [7, 11) is 0. The van der Waals surface area contributed by atoms with Gasteiger partial charge in [0.25, 0.3) is 0 Å². The lowest BCUT2D eigenvalue weighted by atomic mass is 9.96. The summed E-state index contributed by atoms with van der Waals surface area (Å²) >= 11 is 0. The van der Waals surface area contributed by atoms with Gasteiger partial charge in [0.2, 0.25) is 5.91 Å². The van der Waals surface area contributed by atoms with E-state index in [4.69, 9.17) is 28.4 Å². The quantitative estimate of drug-likeness (QED) is 0.0202. The number of amides is 1. The number of allylic oxidation sites excluding steroid dienone is 11. The number of hydrogen-bond donors (Lipinski definition) is 12.